The van der Waals surface area contributed by atoms with Gasteiger partial charge in [-0.25, -0.2) is 0 Å². The number of anilines is 1. The SMILES string of the molecule is FC(F)(F)c1ccc(NCc2nnc3n2CCCCC3)nn1. The fraction of sp³-hybridized carbons (Fsp3) is 0.538. The Bertz CT molecular complexity index is 634. The van der Waals surface area contributed by atoms with E-state index in [9.17, 15) is 13.2 Å². The number of fused-ring (bicyclic) bond motifs is 1. The predicted octanol–water partition coefficient (Wildman–Crippen LogP) is 2.43. The molecule has 0 aliphatic carbocycles. The summed E-state index contributed by atoms with van der Waals surface area (Å²) < 4.78 is 39.3. The van der Waals surface area contributed by atoms with Crippen LogP contribution in [0.15, 0.2) is 12.1 Å². The number of hydrogen-bond acceptors (Lipinski definition) is 5. The fourth-order valence-corrected chi connectivity index (χ4v) is 2.42. The molecule has 9 heteroatoms. The maximum atomic E-state index is 12.4. The van der Waals surface area contributed by atoms with Crippen molar-refractivity contribution >= 4 is 5.82 Å². The normalized spacial score (nSPS) is 15.2. The second kappa shape index (κ2) is 5.90. The molecule has 3 heterocycles. The summed E-state index contributed by atoms with van der Waals surface area (Å²) in [5.41, 5.74) is -1.01. The molecular weight excluding hydrogens is 297 g/mol. The first-order valence-corrected chi connectivity index (χ1v) is 7.10. The topological polar surface area (TPSA) is 68.5 Å². The largest absolute Gasteiger partial charge is 0.435 e. The van der Waals surface area contributed by atoms with Crippen LogP contribution in [0.25, 0.3) is 0 Å². The minimum Gasteiger partial charge on any atom is -0.361 e. The van der Waals surface area contributed by atoms with E-state index in [-0.39, 0.29) is 5.82 Å². The molecule has 0 radical (unpaired) electrons. The summed E-state index contributed by atoms with van der Waals surface area (Å²) in [5.74, 6) is 2.00. The van der Waals surface area contributed by atoms with Crippen molar-refractivity contribution < 1.29 is 13.2 Å². The van der Waals surface area contributed by atoms with Crippen LogP contribution in [-0.4, -0.2) is 25.0 Å². The molecule has 3 rings (SSSR count). The van der Waals surface area contributed by atoms with E-state index in [1.807, 2.05) is 0 Å². The average molecular weight is 312 g/mol. The second-order valence-electron chi connectivity index (χ2n) is 5.15. The molecule has 0 atom stereocenters. The average Bonchev–Trinajstić information content (AvgIpc) is 2.72. The highest BCUT2D eigenvalue weighted by atomic mass is 19.4. The van der Waals surface area contributed by atoms with Gasteiger partial charge in [-0.15, -0.1) is 20.4 Å². The maximum absolute atomic E-state index is 12.4. The van der Waals surface area contributed by atoms with E-state index >= 15 is 0 Å². The highest BCUT2D eigenvalue weighted by molar-refractivity contribution is 5.33. The third-order valence-corrected chi connectivity index (χ3v) is 3.57. The van der Waals surface area contributed by atoms with E-state index in [1.165, 1.54) is 12.5 Å². The van der Waals surface area contributed by atoms with Gasteiger partial charge in [0.15, 0.2) is 11.5 Å². The Morgan fingerprint density at radius 2 is 1.91 bits per heavy atom. The first kappa shape index (κ1) is 14.7. The van der Waals surface area contributed by atoms with Crippen LogP contribution in [0.2, 0.25) is 0 Å². The molecule has 6 nitrogen and oxygen atoms in total. The molecule has 0 fully saturated rings. The van der Waals surface area contributed by atoms with E-state index in [2.05, 4.69) is 30.3 Å². The van der Waals surface area contributed by atoms with Crippen LogP contribution in [0.4, 0.5) is 19.0 Å². The molecule has 0 saturated carbocycles. The molecule has 0 bridgehead atoms. The van der Waals surface area contributed by atoms with Gasteiger partial charge < -0.3 is 9.88 Å². The zero-order chi connectivity index (χ0) is 15.6. The number of aryl methyl sites for hydroxylation is 1. The van der Waals surface area contributed by atoms with Crippen molar-refractivity contribution in [2.75, 3.05) is 5.32 Å². The first-order valence-electron chi connectivity index (χ1n) is 7.10. The van der Waals surface area contributed by atoms with Crippen LogP contribution in [-0.2, 0) is 25.7 Å². The Balaban J connectivity index is 1.67. The highest BCUT2D eigenvalue weighted by Crippen LogP contribution is 2.27. The molecule has 2 aromatic heterocycles. The zero-order valence-electron chi connectivity index (χ0n) is 11.8. The van der Waals surface area contributed by atoms with Gasteiger partial charge in [0, 0.05) is 13.0 Å². The van der Waals surface area contributed by atoms with Crippen molar-refractivity contribution in [1.82, 2.24) is 25.0 Å². The zero-order valence-corrected chi connectivity index (χ0v) is 11.8. The Labute approximate surface area is 124 Å². The van der Waals surface area contributed by atoms with Gasteiger partial charge in [0.2, 0.25) is 0 Å². The molecule has 0 unspecified atom stereocenters. The summed E-state index contributed by atoms with van der Waals surface area (Å²) in [5, 5.41) is 17.9. The molecule has 0 aromatic carbocycles. The first-order chi connectivity index (χ1) is 10.5. The number of rotatable bonds is 3. The predicted molar refractivity (Wildman–Crippen MR) is 71.9 cm³/mol. The van der Waals surface area contributed by atoms with Crippen LogP contribution < -0.4 is 5.32 Å². The number of hydrogen-bond donors (Lipinski definition) is 1. The van der Waals surface area contributed by atoms with Crippen molar-refractivity contribution in [3.05, 3.63) is 29.5 Å². The van der Waals surface area contributed by atoms with Crippen LogP contribution in [0, 0.1) is 0 Å². The van der Waals surface area contributed by atoms with Gasteiger partial charge in [0.1, 0.15) is 11.6 Å². The van der Waals surface area contributed by atoms with Gasteiger partial charge >= 0.3 is 6.18 Å². The fourth-order valence-electron chi connectivity index (χ4n) is 2.42. The summed E-state index contributed by atoms with van der Waals surface area (Å²) in [6, 6.07) is 2.16. The van der Waals surface area contributed by atoms with Crippen molar-refractivity contribution in [2.45, 2.75) is 44.9 Å². The lowest BCUT2D eigenvalue weighted by molar-refractivity contribution is -0.141. The maximum Gasteiger partial charge on any atom is 0.435 e. The number of nitrogens with zero attached hydrogens (tertiary/aromatic N) is 5. The monoisotopic (exact) mass is 312 g/mol. The molecule has 0 saturated heterocycles. The van der Waals surface area contributed by atoms with Crippen LogP contribution >= 0.6 is 0 Å². The molecule has 1 aliphatic heterocycles. The molecule has 1 aliphatic rings. The van der Waals surface area contributed by atoms with E-state index in [4.69, 9.17) is 0 Å². The summed E-state index contributed by atoms with van der Waals surface area (Å²) in [6.45, 7) is 1.23. The minimum atomic E-state index is -4.48. The summed E-state index contributed by atoms with van der Waals surface area (Å²) in [7, 11) is 0. The standard InChI is InChI=1S/C13H15F3N6/c14-13(15,16)9-5-6-10(19-18-9)17-8-12-21-20-11-4-2-1-3-7-22(11)12/h5-6H,1-4,7-8H2,(H,17,19). The van der Waals surface area contributed by atoms with Gasteiger partial charge in [-0.3, -0.25) is 0 Å². The van der Waals surface area contributed by atoms with Crippen molar-refractivity contribution in [3.8, 4) is 0 Å². The summed E-state index contributed by atoms with van der Waals surface area (Å²) >= 11 is 0. The second-order valence-corrected chi connectivity index (χ2v) is 5.15. The number of halogens is 3. The van der Waals surface area contributed by atoms with Crippen molar-refractivity contribution in [3.63, 3.8) is 0 Å². The van der Waals surface area contributed by atoms with Crippen LogP contribution in [0.3, 0.4) is 0 Å². The quantitative estimate of drug-likeness (QED) is 0.942. The lowest BCUT2D eigenvalue weighted by atomic mass is 10.2. The van der Waals surface area contributed by atoms with Gasteiger partial charge in [0.25, 0.3) is 0 Å². The third kappa shape index (κ3) is 3.18. The van der Waals surface area contributed by atoms with Crippen molar-refractivity contribution in [1.29, 1.82) is 0 Å². The smallest absolute Gasteiger partial charge is 0.361 e. The lowest BCUT2D eigenvalue weighted by Crippen LogP contribution is -2.13. The lowest BCUT2D eigenvalue weighted by Gasteiger charge is -2.09. The Kier molecular flexibility index (Phi) is 3.95. The molecular formula is C13H15F3N6. The molecule has 0 spiro atoms. The third-order valence-electron chi connectivity index (χ3n) is 3.57. The Hall–Kier alpha value is -2.19. The van der Waals surface area contributed by atoms with E-state index in [0.29, 0.717) is 6.54 Å². The number of aromatic nitrogens is 5. The van der Waals surface area contributed by atoms with E-state index in [0.717, 1.165) is 43.5 Å². The summed E-state index contributed by atoms with van der Waals surface area (Å²) in [4.78, 5) is 0. The Morgan fingerprint density at radius 1 is 1.05 bits per heavy atom. The highest BCUT2D eigenvalue weighted by Gasteiger charge is 2.32. The minimum absolute atomic E-state index is 0.277. The van der Waals surface area contributed by atoms with Crippen LogP contribution in [0.5, 0.6) is 0 Å². The van der Waals surface area contributed by atoms with E-state index < -0.39 is 11.9 Å². The van der Waals surface area contributed by atoms with Gasteiger partial charge in [-0.2, -0.15) is 13.2 Å². The number of alkyl halides is 3. The molecule has 1 N–H and O–H groups in total. The van der Waals surface area contributed by atoms with Crippen LogP contribution in [0.1, 0.15) is 36.6 Å². The van der Waals surface area contributed by atoms with Gasteiger partial charge in [-0.05, 0) is 25.0 Å². The van der Waals surface area contributed by atoms with E-state index in [1.54, 1.807) is 0 Å². The van der Waals surface area contributed by atoms with Gasteiger partial charge in [-0.1, -0.05) is 6.42 Å². The Morgan fingerprint density at radius 3 is 2.64 bits per heavy atom. The molecule has 118 valence electrons. The summed E-state index contributed by atoms with van der Waals surface area (Å²) in [6.07, 6.45) is -0.211. The number of nitrogens with one attached hydrogen (secondary N) is 1. The molecule has 0 amide bonds. The molecule has 2 aromatic rings. The molecule has 22 heavy (non-hydrogen) atoms. The van der Waals surface area contributed by atoms with Gasteiger partial charge in [0.05, 0.1) is 6.54 Å². The van der Waals surface area contributed by atoms with Crippen molar-refractivity contribution in [2.24, 2.45) is 0 Å².